The van der Waals surface area contributed by atoms with Crippen LogP contribution in [-0.4, -0.2) is 9.97 Å². The van der Waals surface area contributed by atoms with E-state index in [2.05, 4.69) is 25.9 Å². The Morgan fingerprint density at radius 1 is 1.12 bits per heavy atom. The van der Waals surface area contributed by atoms with Gasteiger partial charge in [0.25, 0.3) is 0 Å². The van der Waals surface area contributed by atoms with Crippen molar-refractivity contribution in [2.24, 2.45) is 0 Å². The Bertz CT molecular complexity index is 1160. The topological polar surface area (TPSA) is 61.0 Å². The summed E-state index contributed by atoms with van der Waals surface area (Å²) in [5.74, 6) is 0.958. The molecule has 0 aliphatic carbocycles. The van der Waals surface area contributed by atoms with E-state index in [1.165, 1.54) is 23.7 Å². The number of anilines is 1. The molecule has 1 atom stereocenters. The van der Waals surface area contributed by atoms with Crippen LogP contribution in [0.2, 0.25) is 0 Å². The molecule has 4 aromatic rings. The number of ether oxygens (including phenoxy) is 1. The van der Waals surface area contributed by atoms with Crippen LogP contribution in [0.4, 0.5) is 10.2 Å². The van der Waals surface area contributed by atoms with Crippen LogP contribution in [0.3, 0.4) is 0 Å². The molecule has 0 amide bonds. The number of hydrogen-bond donors (Lipinski definition) is 1. The molecule has 4 nitrogen and oxygen atoms in total. The van der Waals surface area contributed by atoms with E-state index in [1.807, 2.05) is 30.3 Å². The fourth-order valence-electron chi connectivity index (χ4n) is 3.32. The lowest BCUT2D eigenvalue weighted by atomic mass is 9.88. The van der Waals surface area contributed by atoms with Gasteiger partial charge in [-0.15, -0.1) is 11.3 Å². The van der Waals surface area contributed by atoms with E-state index in [-0.39, 0.29) is 11.7 Å². The van der Waals surface area contributed by atoms with Gasteiger partial charge in [-0.2, -0.15) is 0 Å². The molecule has 0 saturated carbocycles. The molecular formula is C19H11BrFN3OS. The first kappa shape index (κ1) is 15.7. The average Bonchev–Trinajstić information content (AvgIpc) is 3.01. The van der Waals surface area contributed by atoms with Crippen LogP contribution in [0.25, 0.3) is 10.1 Å². The Balaban J connectivity index is 1.85. The highest BCUT2D eigenvalue weighted by molar-refractivity contribution is 9.10. The molecule has 3 heterocycles. The molecule has 128 valence electrons. The fraction of sp³-hybridized carbons (Fsp3) is 0.0526. The Labute approximate surface area is 160 Å². The molecule has 2 aromatic heterocycles. The van der Waals surface area contributed by atoms with Gasteiger partial charge in [0.05, 0.1) is 21.1 Å². The average molecular weight is 428 g/mol. The summed E-state index contributed by atoms with van der Waals surface area (Å²) < 4.78 is 22.0. The van der Waals surface area contributed by atoms with Gasteiger partial charge in [-0.25, -0.2) is 14.4 Å². The van der Waals surface area contributed by atoms with Crippen molar-refractivity contribution in [3.8, 4) is 11.6 Å². The lowest BCUT2D eigenvalue weighted by molar-refractivity contribution is 0.441. The summed E-state index contributed by atoms with van der Waals surface area (Å²) in [5, 5.41) is 0.745. The first-order valence-electron chi connectivity index (χ1n) is 7.88. The number of nitrogen functional groups attached to an aromatic ring is 1. The van der Waals surface area contributed by atoms with Crippen molar-refractivity contribution >= 4 is 43.2 Å². The molecule has 0 bridgehead atoms. The maximum absolute atomic E-state index is 14.4. The third-order valence-corrected chi connectivity index (χ3v) is 6.27. The molecule has 0 spiro atoms. The number of nitrogens with zero attached hydrogens (tertiary/aromatic N) is 2. The van der Waals surface area contributed by atoms with Gasteiger partial charge in [0, 0.05) is 9.86 Å². The van der Waals surface area contributed by atoms with E-state index in [1.54, 1.807) is 6.07 Å². The molecule has 2 N–H and O–H groups in total. The van der Waals surface area contributed by atoms with Crippen molar-refractivity contribution in [3.63, 3.8) is 0 Å². The molecule has 26 heavy (non-hydrogen) atoms. The van der Waals surface area contributed by atoms with E-state index in [9.17, 15) is 4.39 Å². The van der Waals surface area contributed by atoms with Gasteiger partial charge in [-0.3, -0.25) is 0 Å². The molecule has 7 heteroatoms. The summed E-state index contributed by atoms with van der Waals surface area (Å²) in [6, 6.07) is 13.0. The highest BCUT2D eigenvalue weighted by atomic mass is 79.9. The summed E-state index contributed by atoms with van der Waals surface area (Å²) in [5.41, 5.74) is 7.91. The number of benzene rings is 2. The predicted octanol–water partition coefficient (Wildman–Crippen LogP) is 5.46. The Morgan fingerprint density at radius 2 is 1.92 bits per heavy atom. The van der Waals surface area contributed by atoms with E-state index in [0.717, 1.165) is 20.3 Å². The number of rotatable bonds is 1. The number of fused-ring (bicyclic) bond motifs is 4. The van der Waals surface area contributed by atoms with Gasteiger partial charge in [0.1, 0.15) is 18.0 Å². The molecule has 1 aliphatic heterocycles. The van der Waals surface area contributed by atoms with Crippen LogP contribution >= 0.6 is 27.3 Å². The summed E-state index contributed by atoms with van der Waals surface area (Å²) in [7, 11) is 0. The summed E-state index contributed by atoms with van der Waals surface area (Å²) in [6.07, 6.45) is 1.38. The zero-order valence-electron chi connectivity index (χ0n) is 13.2. The molecule has 0 saturated heterocycles. The number of nitrogens with two attached hydrogens (primary N) is 1. The van der Waals surface area contributed by atoms with Crippen LogP contribution in [0.15, 0.2) is 53.3 Å². The molecule has 0 fully saturated rings. The summed E-state index contributed by atoms with van der Waals surface area (Å²) in [6.45, 7) is 0. The molecule has 1 unspecified atom stereocenters. The Hall–Kier alpha value is -2.51. The second-order valence-electron chi connectivity index (χ2n) is 5.98. The van der Waals surface area contributed by atoms with Gasteiger partial charge in [-0.05, 0) is 29.8 Å². The van der Waals surface area contributed by atoms with Crippen LogP contribution in [-0.2, 0) is 0 Å². The summed E-state index contributed by atoms with van der Waals surface area (Å²) >= 11 is 4.85. The minimum Gasteiger partial charge on any atom is -0.437 e. The normalized spacial score (nSPS) is 15.4. The second kappa shape index (κ2) is 5.75. The predicted molar refractivity (Wildman–Crippen MR) is 103 cm³/mol. The first-order valence-corrected chi connectivity index (χ1v) is 9.49. The van der Waals surface area contributed by atoms with E-state index >= 15 is 0 Å². The zero-order chi connectivity index (χ0) is 17.8. The van der Waals surface area contributed by atoms with Crippen molar-refractivity contribution in [2.45, 2.75) is 5.92 Å². The Kier molecular flexibility index (Phi) is 3.48. The third kappa shape index (κ3) is 2.24. The van der Waals surface area contributed by atoms with Crippen molar-refractivity contribution in [1.29, 1.82) is 0 Å². The quantitative estimate of drug-likeness (QED) is 0.385. The number of halogens is 2. The highest BCUT2D eigenvalue weighted by Crippen LogP contribution is 2.54. The smallest absolute Gasteiger partial charge is 0.228 e. The van der Waals surface area contributed by atoms with Gasteiger partial charge in [-0.1, -0.05) is 34.1 Å². The van der Waals surface area contributed by atoms with Gasteiger partial charge < -0.3 is 10.5 Å². The Morgan fingerprint density at radius 3 is 2.73 bits per heavy atom. The minimum atomic E-state index is -0.261. The van der Waals surface area contributed by atoms with Crippen molar-refractivity contribution < 1.29 is 9.13 Å². The van der Waals surface area contributed by atoms with Crippen molar-refractivity contribution in [1.82, 2.24) is 9.97 Å². The largest absolute Gasteiger partial charge is 0.437 e. The minimum absolute atomic E-state index is 0.208. The lowest BCUT2D eigenvalue weighted by Crippen LogP contribution is -2.14. The molecule has 2 aromatic carbocycles. The number of aromatic nitrogens is 2. The monoisotopic (exact) mass is 427 g/mol. The van der Waals surface area contributed by atoms with Gasteiger partial charge >= 0.3 is 0 Å². The third-order valence-electron chi connectivity index (χ3n) is 4.48. The van der Waals surface area contributed by atoms with Crippen LogP contribution in [0.1, 0.15) is 21.9 Å². The molecule has 5 rings (SSSR count). The van der Waals surface area contributed by atoms with Gasteiger partial charge in [0.15, 0.2) is 5.75 Å². The number of hydrogen-bond acceptors (Lipinski definition) is 5. The number of thiophene rings is 1. The van der Waals surface area contributed by atoms with Crippen molar-refractivity contribution in [3.05, 3.63) is 75.1 Å². The summed E-state index contributed by atoms with van der Waals surface area (Å²) in [4.78, 5) is 9.31. The SMILES string of the molecule is Nc1ncnc2c1C(c1ccc(Br)cc1)c1sc3c(F)cccc3c1O2. The maximum atomic E-state index is 14.4. The first-order chi connectivity index (χ1) is 12.6. The van der Waals surface area contributed by atoms with E-state index < -0.39 is 0 Å². The molecule has 1 aliphatic rings. The standard InChI is InChI=1S/C19H11BrFN3OS/c20-10-6-4-9(5-7-10)13-14-18(22)23-8-24-19(14)25-15-11-2-1-3-12(21)16(11)26-17(13)15/h1-8,13H,(H2,22,23,24). The van der Waals surface area contributed by atoms with Crippen LogP contribution in [0, 0.1) is 5.82 Å². The van der Waals surface area contributed by atoms with Gasteiger partial charge in [0.2, 0.25) is 5.88 Å². The second-order valence-corrected chi connectivity index (χ2v) is 7.94. The van der Waals surface area contributed by atoms with Crippen LogP contribution in [0.5, 0.6) is 11.6 Å². The maximum Gasteiger partial charge on any atom is 0.228 e. The van der Waals surface area contributed by atoms with E-state index in [4.69, 9.17) is 10.5 Å². The van der Waals surface area contributed by atoms with Crippen molar-refractivity contribution in [2.75, 3.05) is 5.73 Å². The fourth-order valence-corrected chi connectivity index (χ4v) is 4.86. The van der Waals surface area contributed by atoms with E-state index in [0.29, 0.717) is 27.7 Å². The molecule has 0 radical (unpaired) electrons. The van der Waals surface area contributed by atoms with Crippen LogP contribution < -0.4 is 10.5 Å². The molecular weight excluding hydrogens is 417 g/mol. The lowest BCUT2D eigenvalue weighted by Gasteiger charge is -2.26. The zero-order valence-corrected chi connectivity index (χ0v) is 15.6. The highest BCUT2D eigenvalue weighted by Gasteiger charge is 2.35.